The van der Waals surface area contributed by atoms with Gasteiger partial charge in [-0.15, -0.1) is 0 Å². The first kappa shape index (κ1) is 21.7. The number of hydrogen-bond acceptors (Lipinski definition) is 3. The molecule has 0 unspecified atom stereocenters. The number of rotatable bonds is 7. The molecule has 0 radical (unpaired) electrons. The van der Waals surface area contributed by atoms with Crippen molar-refractivity contribution >= 4 is 11.6 Å². The lowest BCUT2D eigenvalue weighted by atomic mass is 10.1. The predicted octanol–water partition coefficient (Wildman–Crippen LogP) is 3.73. The smallest absolute Gasteiger partial charge is 0.274 e. The highest BCUT2D eigenvalue weighted by Gasteiger charge is 2.23. The zero-order valence-electron chi connectivity index (χ0n) is 18.3. The maximum atomic E-state index is 13.7. The number of benzene rings is 1. The lowest BCUT2D eigenvalue weighted by Crippen LogP contribution is -2.34. The normalized spacial score (nSPS) is 11.4. The molecule has 3 aromatic rings. The highest BCUT2D eigenvalue weighted by molar-refractivity contribution is 5.94. The molecular formula is C23H29FN4O2. The molecule has 0 spiro atoms. The van der Waals surface area contributed by atoms with Crippen molar-refractivity contribution in [2.24, 2.45) is 13.0 Å². The second-order valence-electron chi connectivity index (χ2n) is 8.18. The molecule has 0 saturated heterocycles. The lowest BCUT2D eigenvalue weighted by molar-refractivity contribution is 0.0719. The van der Waals surface area contributed by atoms with Gasteiger partial charge in [0.15, 0.2) is 0 Å². The van der Waals surface area contributed by atoms with Gasteiger partial charge in [-0.3, -0.25) is 9.59 Å². The Hall–Kier alpha value is -2.96. The highest BCUT2D eigenvalue weighted by atomic mass is 19.1. The summed E-state index contributed by atoms with van der Waals surface area (Å²) >= 11 is 0. The summed E-state index contributed by atoms with van der Waals surface area (Å²) in [6.07, 6.45) is 1.64. The first-order valence-corrected chi connectivity index (χ1v) is 10.3. The van der Waals surface area contributed by atoms with Gasteiger partial charge in [-0.2, -0.15) is 9.61 Å². The SMILES string of the molecule is CCCc1c(CN(CC(C)C)C(=O)c2cccc(F)c2)nn2c(=O)cc(C)n(C)c12. The Labute approximate surface area is 175 Å². The maximum Gasteiger partial charge on any atom is 0.274 e. The Balaban J connectivity index is 2.09. The summed E-state index contributed by atoms with van der Waals surface area (Å²) in [7, 11) is 1.92. The summed E-state index contributed by atoms with van der Waals surface area (Å²) in [4.78, 5) is 27.4. The number of aromatic nitrogens is 3. The minimum Gasteiger partial charge on any atom is -0.333 e. The standard InChI is InChI=1S/C23H29FN4O2/c1-6-8-19-20(25-28-21(29)11-16(4)26(5)22(19)28)14-27(13-15(2)3)23(30)17-9-7-10-18(24)12-17/h7,9-12,15H,6,8,13-14H2,1-5H3. The Kier molecular flexibility index (Phi) is 6.39. The second kappa shape index (κ2) is 8.81. The van der Waals surface area contributed by atoms with E-state index in [0.29, 0.717) is 17.8 Å². The van der Waals surface area contributed by atoms with Gasteiger partial charge in [0.25, 0.3) is 11.5 Å². The molecule has 1 amide bonds. The maximum absolute atomic E-state index is 13.7. The van der Waals surface area contributed by atoms with Crippen LogP contribution in [0.5, 0.6) is 0 Å². The number of amides is 1. The van der Waals surface area contributed by atoms with E-state index in [9.17, 15) is 14.0 Å². The summed E-state index contributed by atoms with van der Waals surface area (Å²) in [6, 6.07) is 7.29. The molecule has 0 aliphatic heterocycles. The Bertz CT molecular complexity index is 1130. The number of carbonyl (C=O) groups excluding carboxylic acids is 1. The van der Waals surface area contributed by atoms with Crippen LogP contribution in [0.15, 0.2) is 35.1 Å². The van der Waals surface area contributed by atoms with Gasteiger partial charge in [0.05, 0.1) is 12.2 Å². The summed E-state index contributed by atoms with van der Waals surface area (Å²) in [6.45, 7) is 8.80. The topological polar surface area (TPSA) is 59.6 Å². The third-order valence-corrected chi connectivity index (χ3v) is 5.21. The van der Waals surface area contributed by atoms with Gasteiger partial charge in [-0.05, 0) is 37.5 Å². The van der Waals surface area contributed by atoms with Crippen molar-refractivity contribution in [3.05, 3.63) is 69.0 Å². The molecule has 0 aliphatic rings. The van der Waals surface area contributed by atoms with E-state index in [0.717, 1.165) is 29.7 Å². The average Bonchev–Trinajstić information content (AvgIpc) is 3.04. The first-order valence-electron chi connectivity index (χ1n) is 10.3. The molecule has 2 aromatic heterocycles. The molecule has 3 rings (SSSR count). The average molecular weight is 413 g/mol. The third-order valence-electron chi connectivity index (χ3n) is 5.21. The monoisotopic (exact) mass is 412 g/mol. The largest absolute Gasteiger partial charge is 0.333 e. The van der Waals surface area contributed by atoms with E-state index in [4.69, 9.17) is 0 Å². The van der Waals surface area contributed by atoms with Crippen LogP contribution in [0.2, 0.25) is 0 Å². The second-order valence-corrected chi connectivity index (χ2v) is 8.18. The summed E-state index contributed by atoms with van der Waals surface area (Å²) in [5.74, 6) is -0.462. The minimum atomic E-state index is -0.441. The van der Waals surface area contributed by atoms with E-state index in [-0.39, 0.29) is 23.9 Å². The van der Waals surface area contributed by atoms with Crippen molar-refractivity contribution in [1.82, 2.24) is 19.1 Å². The number of halogens is 1. The van der Waals surface area contributed by atoms with Gasteiger partial charge < -0.3 is 9.47 Å². The van der Waals surface area contributed by atoms with Gasteiger partial charge in [-0.25, -0.2) is 4.39 Å². The molecule has 160 valence electrons. The zero-order valence-corrected chi connectivity index (χ0v) is 18.3. The van der Waals surface area contributed by atoms with Crippen molar-refractivity contribution < 1.29 is 9.18 Å². The fourth-order valence-electron chi connectivity index (χ4n) is 3.77. The predicted molar refractivity (Wildman–Crippen MR) is 115 cm³/mol. The fourth-order valence-corrected chi connectivity index (χ4v) is 3.77. The number of aryl methyl sites for hydroxylation is 3. The van der Waals surface area contributed by atoms with E-state index >= 15 is 0 Å². The van der Waals surface area contributed by atoms with Gasteiger partial charge in [0.1, 0.15) is 11.5 Å². The number of fused-ring (bicyclic) bond motifs is 1. The van der Waals surface area contributed by atoms with Crippen molar-refractivity contribution in [3.8, 4) is 0 Å². The minimum absolute atomic E-state index is 0.184. The van der Waals surface area contributed by atoms with Gasteiger partial charge in [-0.1, -0.05) is 33.3 Å². The molecule has 30 heavy (non-hydrogen) atoms. The van der Waals surface area contributed by atoms with E-state index in [1.807, 2.05) is 32.4 Å². The van der Waals surface area contributed by atoms with E-state index < -0.39 is 5.82 Å². The van der Waals surface area contributed by atoms with E-state index in [1.165, 1.54) is 22.7 Å². The van der Waals surface area contributed by atoms with Crippen molar-refractivity contribution in [1.29, 1.82) is 0 Å². The van der Waals surface area contributed by atoms with Crippen LogP contribution in [0.1, 0.15) is 54.5 Å². The third kappa shape index (κ3) is 4.30. The van der Waals surface area contributed by atoms with Crippen LogP contribution in [0.3, 0.4) is 0 Å². The molecule has 0 N–H and O–H groups in total. The summed E-state index contributed by atoms with van der Waals surface area (Å²) in [5.41, 5.74) is 3.42. The summed E-state index contributed by atoms with van der Waals surface area (Å²) < 4.78 is 17.1. The van der Waals surface area contributed by atoms with Crippen molar-refractivity contribution in [3.63, 3.8) is 0 Å². The molecule has 0 bridgehead atoms. The molecule has 0 aliphatic carbocycles. The fraction of sp³-hybridized carbons (Fsp3) is 0.435. The van der Waals surface area contributed by atoms with Crippen LogP contribution in [0.4, 0.5) is 4.39 Å². The van der Waals surface area contributed by atoms with Crippen molar-refractivity contribution in [2.45, 2.75) is 47.1 Å². The van der Waals surface area contributed by atoms with Crippen LogP contribution in [0, 0.1) is 18.7 Å². The molecule has 2 heterocycles. The molecule has 0 saturated carbocycles. The van der Waals surface area contributed by atoms with Crippen LogP contribution in [-0.2, 0) is 20.0 Å². The number of carbonyl (C=O) groups is 1. The Morgan fingerprint density at radius 1 is 1.27 bits per heavy atom. The number of hydrogen-bond donors (Lipinski definition) is 0. The van der Waals surface area contributed by atoms with Crippen molar-refractivity contribution in [2.75, 3.05) is 6.54 Å². The first-order chi connectivity index (χ1) is 14.2. The van der Waals surface area contributed by atoms with Gasteiger partial charge >= 0.3 is 0 Å². The van der Waals surface area contributed by atoms with Gasteiger partial charge in [0, 0.05) is 36.5 Å². The number of nitrogens with zero attached hydrogens (tertiary/aromatic N) is 4. The Morgan fingerprint density at radius 2 is 2.00 bits per heavy atom. The van der Waals surface area contributed by atoms with Crippen LogP contribution in [0.25, 0.3) is 5.65 Å². The molecular weight excluding hydrogens is 383 g/mol. The van der Waals surface area contributed by atoms with Gasteiger partial charge in [0.2, 0.25) is 0 Å². The molecule has 6 nitrogen and oxygen atoms in total. The molecule has 1 aromatic carbocycles. The zero-order chi connectivity index (χ0) is 22.0. The molecule has 0 atom stereocenters. The molecule has 0 fully saturated rings. The van der Waals surface area contributed by atoms with Crippen LogP contribution >= 0.6 is 0 Å². The van der Waals surface area contributed by atoms with Crippen LogP contribution < -0.4 is 5.56 Å². The lowest BCUT2D eigenvalue weighted by Gasteiger charge is -2.24. The van der Waals surface area contributed by atoms with E-state index in [2.05, 4.69) is 12.0 Å². The molecule has 7 heteroatoms. The Morgan fingerprint density at radius 3 is 2.63 bits per heavy atom. The summed E-state index contributed by atoms with van der Waals surface area (Å²) in [5, 5.41) is 4.59. The highest BCUT2D eigenvalue weighted by Crippen LogP contribution is 2.21. The quantitative estimate of drug-likeness (QED) is 0.594. The van der Waals surface area contributed by atoms with E-state index in [1.54, 1.807) is 17.0 Å². The van der Waals surface area contributed by atoms with Crippen LogP contribution in [-0.4, -0.2) is 31.5 Å².